The van der Waals surface area contributed by atoms with Crippen LogP contribution in [0.2, 0.25) is 0 Å². The molecule has 0 fully saturated rings. The molecule has 0 amide bonds. The summed E-state index contributed by atoms with van der Waals surface area (Å²) in [5.74, 6) is 1.78. The molecule has 0 radical (unpaired) electrons. The summed E-state index contributed by atoms with van der Waals surface area (Å²) < 4.78 is 7.32. The van der Waals surface area contributed by atoms with Gasteiger partial charge < -0.3 is 19.9 Å². The standard InChI is InChI=1S/C19H28N4O/c1-20-19(22-13-16-23-14-5-6-15-23)21-12-4-3-7-17-8-10-18(24-2)11-9-17/h5-6,8-11,14-15H,3-4,7,12-13,16H2,1-2H3,(H2,20,21,22). The first-order chi connectivity index (χ1) is 11.8. The van der Waals surface area contributed by atoms with E-state index in [9.17, 15) is 0 Å². The third-order valence-corrected chi connectivity index (χ3v) is 3.90. The van der Waals surface area contributed by atoms with Gasteiger partial charge in [0.1, 0.15) is 5.75 Å². The maximum absolute atomic E-state index is 5.18. The normalized spacial score (nSPS) is 11.3. The highest BCUT2D eigenvalue weighted by molar-refractivity contribution is 5.79. The zero-order valence-corrected chi connectivity index (χ0v) is 14.7. The molecule has 1 aromatic heterocycles. The van der Waals surface area contributed by atoms with E-state index in [-0.39, 0.29) is 0 Å². The van der Waals surface area contributed by atoms with Gasteiger partial charge in [0, 0.05) is 39.1 Å². The predicted octanol–water partition coefficient (Wildman–Crippen LogP) is 2.68. The molecular weight excluding hydrogens is 300 g/mol. The van der Waals surface area contributed by atoms with Crippen LogP contribution in [0, 0.1) is 0 Å². The van der Waals surface area contributed by atoms with Gasteiger partial charge in [-0.25, -0.2) is 0 Å². The summed E-state index contributed by atoms with van der Waals surface area (Å²) in [7, 11) is 3.50. The lowest BCUT2D eigenvalue weighted by molar-refractivity contribution is 0.414. The number of aromatic nitrogens is 1. The molecule has 1 aromatic carbocycles. The Hall–Kier alpha value is -2.43. The fraction of sp³-hybridized carbons (Fsp3) is 0.421. The second-order valence-corrected chi connectivity index (χ2v) is 5.65. The van der Waals surface area contributed by atoms with E-state index in [0.29, 0.717) is 0 Å². The zero-order valence-electron chi connectivity index (χ0n) is 14.7. The number of hydrogen-bond donors (Lipinski definition) is 2. The first-order valence-corrected chi connectivity index (χ1v) is 8.50. The lowest BCUT2D eigenvalue weighted by Crippen LogP contribution is -2.39. The molecule has 130 valence electrons. The molecule has 0 aliphatic carbocycles. The van der Waals surface area contributed by atoms with Crippen molar-refractivity contribution in [2.24, 2.45) is 4.99 Å². The van der Waals surface area contributed by atoms with Crippen molar-refractivity contribution in [2.45, 2.75) is 25.8 Å². The Bertz CT molecular complexity index is 590. The number of nitrogens with zero attached hydrogens (tertiary/aromatic N) is 2. The summed E-state index contributed by atoms with van der Waals surface area (Å²) in [5, 5.41) is 6.70. The first kappa shape index (κ1) is 17.9. The Balaban J connectivity index is 1.56. The van der Waals surface area contributed by atoms with Gasteiger partial charge in [0.15, 0.2) is 5.96 Å². The fourth-order valence-electron chi connectivity index (χ4n) is 2.50. The van der Waals surface area contributed by atoms with Crippen molar-refractivity contribution >= 4 is 5.96 Å². The van der Waals surface area contributed by atoms with Gasteiger partial charge in [-0.1, -0.05) is 12.1 Å². The van der Waals surface area contributed by atoms with Crippen LogP contribution < -0.4 is 15.4 Å². The number of hydrogen-bond acceptors (Lipinski definition) is 2. The van der Waals surface area contributed by atoms with Crippen molar-refractivity contribution in [3.05, 3.63) is 54.4 Å². The van der Waals surface area contributed by atoms with Crippen LogP contribution in [-0.4, -0.2) is 37.8 Å². The minimum Gasteiger partial charge on any atom is -0.497 e. The quantitative estimate of drug-likeness (QED) is 0.423. The number of aliphatic imine (C=N–C) groups is 1. The average molecular weight is 328 g/mol. The largest absolute Gasteiger partial charge is 0.497 e. The fourth-order valence-corrected chi connectivity index (χ4v) is 2.50. The number of guanidine groups is 1. The minimum absolute atomic E-state index is 0.861. The van der Waals surface area contributed by atoms with E-state index in [1.807, 2.05) is 31.3 Å². The molecule has 0 saturated carbocycles. The number of rotatable bonds is 9. The average Bonchev–Trinajstić information content (AvgIpc) is 3.14. The van der Waals surface area contributed by atoms with Gasteiger partial charge in [0.2, 0.25) is 0 Å². The molecule has 2 N–H and O–H groups in total. The topological polar surface area (TPSA) is 50.6 Å². The third-order valence-electron chi connectivity index (χ3n) is 3.90. The first-order valence-electron chi connectivity index (χ1n) is 8.50. The van der Waals surface area contributed by atoms with Gasteiger partial charge in [-0.2, -0.15) is 0 Å². The molecule has 0 aliphatic heterocycles. The van der Waals surface area contributed by atoms with Crippen molar-refractivity contribution in [2.75, 3.05) is 27.2 Å². The van der Waals surface area contributed by atoms with E-state index < -0.39 is 0 Å². The van der Waals surface area contributed by atoms with E-state index in [1.54, 1.807) is 7.11 Å². The maximum Gasteiger partial charge on any atom is 0.191 e. The summed E-state index contributed by atoms with van der Waals surface area (Å²) in [6.45, 7) is 2.73. The Morgan fingerprint density at radius 2 is 1.75 bits per heavy atom. The molecule has 5 nitrogen and oxygen atoms in total. The van der Waals surface area contributed by atoms with Crippen LogP contribution >= 0.6 is 0 Å². The SMILES string of the molecule is CN=C(NCCCCc1ccc(OC)cc1)NCCn1cccc1. The third kappa shape index (κ3) is 6.36. The van der Waals surface area contributed by atoms with E-state index >= 15 is 0 Å². The van der Waals surface area contributed by atoms with E-state index in [4.69, 9.17) is 4.74 Å². The summed E-state index contributed by atoms with van der Waals surface area (Å²) in [4.78, 5) is 4.25. The monoisotopic (exact) mass is 328 g/mol. The van der Waals surface area contributed by atoms with Crippen LogP contribution in [0.4, 0.5) is 0 Å². The van der Waals surface area contributed by atoms with Gasteiger partial charge in [-0.15, -0.1) is 0 Å². The predicted molar refractivity (Wildman–Crippen MR) is 99.7 cm³/mol. The van der Waals surface area contributed by atoms with Crippen LogP contribution in [0.25, 0.3) is 0 Å². The van der Waals surface area contributed by atoms with Crippen LogP contribution in [-0.2, 0) is 13.0 Å². The number of unbranched alkanes of at least 4 members (excludes halogenated alkanes) is 1. The Kier molecular flexibility index (Phi) is 7.74. The van der Waals surface area contributed by atoms with Gasteiger partial charge in [0.25, 0.3) is 0 Å². The second-order valence-electron chi connectivity index (χ2n) is 5.65. The molecule has 0 bridgehead atoms. The molecule has 2 rings (SSSR count). The van der Waals surface area contributed by atoms with Crippen LogP contribution in [0.1, 0.15) is 18.4 Å². The summed E-state index contributed by atoms with van der Waals surface area (Å²) in [5.41, 5.74) is 1.35. The molecule has 0 aliphatic rings. The van der Waals surface area contributed by atoms with Gasteiger partial charge in [0.05, 0.1) is 7.11 Å². The van der Waals surface area contributed by atoms with Crippen molar-refractivity contribution in [1.82, 2.24) is 15.2 Å². The van der Waals surface area contributed by atoms with Crippen molar-refractivity contribution in [3.8, 4) is 5.75 Å². The highest BCUT2D eigenvalue weighted by atomic mass is 16.5. The molecule has 0 unspecified atom stereocenters. The van der Waals surface area contributed by atoms with Crippen LogP contribution in [0.15, 0.2) is 53.8 Å². The Labute approximate surface area is 144 Å². The van der Waals surface area contributed by atoms with Gasteiger partial charge >= 0.3 is 0 Å². The summed E-state index contributed by atoms with van der Waals surface area (Å²) >= 11 is 0. The van der Waals surface area contributed by atoms with Crippen LogP contribution in [0.3, 0.4) is 0 Å². The number of methoxy groups -OCH3 is 1. The second kappa shape index (κ2) is 10.4. The Morgan fingerprint density at radius 1 is 1.04 bits per heavy atom. The zero-order chi connectivity index (χ0) is 17.0. The van der Waals surface area contributed by atoms with E-state index in [2.05, 4.69) is 44.7 Å². The van der Waals surface area contributed by atoms with Crippen LogP contribution in [0.5, 0.6) is 5.75 Å². The van der Waals surface area contributed by atoms with Gasteiger partial charge in [-0.05, 0) is 49.1 Å². The Morgan fingerprint density at radius 3 is 2.42 bits per heavy atom. The summed E-state index contributed by atoms with van der Waals surface area (Å²) in [6.07, 6.45) is 7.49. The van der Waals surface area contributed by atoms with Crippen molar-refractivity contribution < 1.29 is 4.74 Å². The smallest absolute Gasteiger partial charge is 0.191 e. The molecule has 0 atom stereocenters. The molecule has 0 spiro atoms. The lowest BCUT2D eigenvalue weighted by atomic mass is 10.1. The summed E-state index contributed by atoms with van der Waals surface area (Å²) in [6, 6.07) is 12.4. The number of aryl methyl sites for hydroxylation is 1. The molecule has 1 heterocycles. The molecule has 24 heavy (non-hydrogen) atoms. The number of benzene rings is 1. The lowest BCUT2D eigenvalue weighted by Gasteiger charge is -2.12. The molecule has 2 aromatic rings. The van der Waals surface area contributed by atoms with Gasteiger partial charge in [-0.3, -0.25) is 4.99 Å². The van der Waals surface area contributed by atoms with Crippen molar-refractivity contribution in [3.63, 3.8) is 0 Å². The van der Waals surface area contributed by atoms with Crippen molar-refractivity contribution in [1.29, 1.82) is 0 Å². The minimum atomic E-state index is 0.861. The molecular formula is C19H28N4O. The number of ether oxygens (including phenoxy) is 1. The van der Waals surface area contributed by atoms with E-state index in [1.165, 1.54) is 5.56 Å². The molecule has 5 heteroatoms. The van der Waals surface area contributed by atoms with E-state index in [0.717, 1.165) is 50.6 Å². The molecule has 0 saturated heterocycles. The maximum atomic E-state index is 5.18. The number of nitrogens with one attached hydrogen (secondary N) is 2. The highest BCUT2D eigenvalue weighted by Crippen LogP contribution is 2.12. The highest BCUT2D eigenvalue weighted by Gasteiger charge is 1.98.